The number of aromatic nitrogens is 1. The smallest absolute Gasteiger partial charge is 0.186 e. The summed E-state index contributed by atoms with van der Waals surface area (Å²) in [6.45, 7) is 2.15. The molecule has 0 saturated heterocycles. The first-order valence-electron chi connectivity index (χ1n) is 7.32. The Balaban J connectivity index is 1.62. The average Bonchev–Trinajstić information content (AvgIpc) is 3.11. The first-order valence-corrected chi connectivity index (χ1v) is 9.02. The lowest BCUT2D eigenvalue weighted by Gasteiger charge is -2.26. The molecule has 20 heavy (non-hydrogen) atoms. The van der Waals surface area contributed by atoms with Gasteiger partial charge in [0.1, 0.15) is 0 Å². The number of hydrogen-bond donors (Lipinski definition) is 1. The Morgan fingerprint density at radius 2 is 2.35 bits per heavy atom. The molecule has 3 nitrogen and oxygen atoms in total. The summed E-state index contributed by atoms with van der Waals surface area (Å²) in [6.07, 6.45) is 4.84. The van der Waals surface area contributed by atoms with Crippen LogP contribution in [0.5, 0.6) is 0 Å². The van der Waals surface area contributed by atoms with Crippen molar-refractivity contribution in [3.63, 3.8) is 0 Å². The van der Waals surface area contributed by atoms with Gasteiger partial charge in [0.15, 0.2) is 5.13 Å². The molecule has 1 aliphatic heterocycles. The van der Waals surface area contributed by atoms with Crippen LogP contribution in [0.2, 0.25) is 0 Å². The van der Waals surface area contributed by atoms with Gasteiger partial charge in [-0.15, -0.1) is 11.3 Å². The van der Waals surface area contributed by atoms with Crippen LogP contribution in [-0.4, -0.2) is 18.6 Å². The van der Waals surface area contributed by atoms with E-state index in [9.17, 15) is 0 Å². The van der Waals surface area contributed by atoms with Crippen molar-refractivity contribution in [2.75, 3.05) is 18.5 Å². The van der Waals surface area contributed by atoms with Gasteiger partial charge in [-0.05, 0) is 49.7 Å². The number of fused-ring (bicyclic) bond motifs is 2. The number of hydrogen-bond acceptors (Lipinski definition) is 5. The van der Waals surface area contributed by atoms with Crippen molar-refractivity contribution >= 4 is 27.8 Å². The quantitative estimate of drug-likeness (QED) is 0.922. The number of anilines is 1. The van der Waals surface area contributed by atoms with Crippen LogP contribution < -0.4 is 10.2 Å². The fourth-order valence-corrected chi connectivity index (χ4v) is 5.40. The fourth-order valence-electron chi connectivity index (χ4n) is 3.23. The number of aryl methyl sites for hydroxylation is 1. The van der Waals surface area contributed by atoms with E-state index >= 15 is 0 Å². The third kappa shape index (κ3) is 2.08. The molecule has 106 valence electrons. The molecule has 0 aromatic carbocycles. The van der Waals surface area contributed by atoms with Crippen LogP contribution in [0.4, 0.5) is 5.13 Å². The Labute approximate surface area is 127 Å². The molecule has 0 saturated carbocycles. The van der Waals surface area contributed by atoms with Crippen LogP contribution in [0.15, 0.2) is 11.4 Å². The molecule has 2 aromatic heterocycles. The van der Waals surface area contributed by atoms with Gasteiger partial charge in [0.25, 0.3) is 0 Å². The molecular formula is C15H19N3S2. The Morgan fingerprint density at radius 1 is 1.40 bits per heavy atom. The molecule has 0 fully saturated rings. The maximum atomic E-state index is 4.94. The van der Waals surface area contributed by atoms with Gasteiger partial charge in [-0.3, -0.25) is 0 Å². The molecule has 2 aromatic rings. The molecule has 4 rings (SSSR count). The van der Waals surface area contributed by atoms with E-state index in [1.165, 1.54) is 40.5 Å². The molecule has 1 unspecified atom stereocenters. The van der Waals surface area contributed by atoms with Gasteiger partial charge in [-0.25, -0.2) is 4.98 Å². The SMILES string of the molecule is CNC1CCCc2nc(N3CCc4sccc4C3)sc21. The average molecular weight is 305 g/mol. The minimum Gasteiger partial charge on any atom is -0.343 e. The number of thiophene rings is 1. The minimum atomic E-state index is 0.520. The predicted octanol–water partition coefficient (Wildman–Crippen LogP) is 3.36. The van der Waals surface area contributed by atoms with Crippen molar-refractivity contribution in [1.82, 2.24) is 10.3 Å². The second-order valence-electron chi connectivity index (χ2n) is 5.58. The molecule has 0 radical (unpaired) electrons. The number of nitrogens with one attached hydrogen (secondary N) is 1. The first-order chi connectivity index (χ1) is 9.85. The molecule has 1 aliphatic carbocycles. The van der Waals surface area contributed by atoms with E-state index < -0.39 is 0 Å². The van der Waals surface area contributed by atoms with E-state index in [2.05, 4.69) is 28.7 Å². The number of thiazole rings is 1. The van der Waals surface area contributed by atoms with Gasteiger partial charge >= 0.3 is 0 Å². The summed E-state index contributed by atoms with van der Waals surface area (Å²) < 4.78 is 0. The second kappa shape index (κ2) is 5.13. The summed E-state index contributed by atoms with van der Waals surface area (Å²) in [4.78, 5) is 10.4. The van der Waals surface area contributed by atoms with Gasteiger partial charge in [0.05, 0.1) is 5.69 Å². The topological polar surface area (TPSA) is 28.2 Å². The van der Waals surface area contributed by atoms with E-state index in [1.54, 1.807) is 4.88 Å². The highest BCUT2D eigenvalue weighted by Gasteiger charge is 2.26. The van der Waals surface area contributed by atoms with Gasteiger partial charge in [0.2, 0.25) is 0 Å². The lowest BCUT2D eigenvalue weighted by atomic mass is 9.98. The number of rotatable bonds is 2. The lowest BCUT2D eigenvalue weighted by molar-refractivity contribution is 0.501. The summed E-state index contributed by atoms with van der Waals surface area (Å²) in [5.74, 6) is 0. The Morgan fingerprint density at radius 3 is 3.25 bits per heavy atom. The van der Waals surface area contributed by atoms with Gasteiger partial charge in [0, 0.05) is 28.9 Å². The van der Waals surface area contributed by atoms with Crippen LogP contribution in [0, 0.1) is 0 Å². The van der Waals surface area contributed by atoms with Gasteiger partial charge in [-0.1, -0.05) is 11.3 Å². The second-order valence-corrected chi connectivity index (χ2v) is 7.59. The van der Waals surface area contributed by atoms with E-state index in [0.717, 1.165) is 19.5 Å². The summed E-state index contributed by atoms with van der Waals surface area (Å²) >= 11 is 3.81. The highest BCUT2D eigenvalue weighted by molar-refractivity contribution is 7.15. The largest absolute Gasteiger partial charge is 0.343 e. The summed E-state index contributed by atoms with van der Waals surface area (Å²) in [5.41, 5.74) is 2.84. The summed E-state index contributed by atoms with van der Waals surface area (Å²) in [6, 6.07) is 2.79. The normalized spacial score (nSPS) is 21.6. The van der Waals surface area contributed by atoms with Crippen LogP contribution >= 0.6 is 22.7 Å². The van der Waals surface area contributed by atoms with Gasteiger partial charge < -0.3 is 10.2 Å². The molecule has 3 heterocycles. The standard InChI is InChI=1S/C15H19N3S2/c1-16-11-3-2-4-12-14(11)20-15(17-12)18-7-5-13-10(9-18)6-8-19-13/h6,8,11,16H,2-5,7,9H2,1H3. The predicted molar refractivity (Wildman–Crippen MR) is 85.9 cm³/mol. The highest BCUT2D eigenvalue weighted by Crippen LogP contribution is 2.39. The molecule has 0 amide bonds. The van der Waals surface area contributed by atoms with Crippen molar-refractivity contribution < 1.29 is 0 Å². The van der Waals surface area contributed by atoms with Crippen molar-refractivity contribution in [2.45, 2.75) is 38.3 Å². The summed E-state index contributed by atoms with van der Waals surface area (Å²) in [7, 11) is 2.07. The Bertz CT molecular complexity index is 616. The monoisotopic (exact) mass is 305 g/mol. The van der Waals surface area contributed by atoms with Crippen molar-refractivity contribution in [3.8, 4) is 0 Å². The third-order valence-electron chi connectivity index (χ3n) is 4.37. The van der Waals surface area contributed by atoms with Crippen LogP contribution in [0.1, 0.15) is 39.9 Å². The van der Waals surface area contributed by atoms with Crippen LogP contribution in [0.25, 0.3) is 0 Å². The van der Waals surface area contributed by atoms with Crippen molar-refractivity contribution in [2.24, 2.45) is 0 Å². The molecule has 0 spiro atoms. The molecule has 5 heteroatoms. The molecular weight excluding hydrogens is 286 g/mol. The van der Waals surface area contributed by atoms with E-state index in [-0.39, 0.29) is 0 Å². The van der Waals surface area contributed by atoms with E-state index in [0.29, 0.717) is 6.04 Å². The zero-order valence-corrected chi connectivity index (χ0v) is 13.3. The van der Waals surface area contributed by atoms with Gasteiger partial charge in [-0.2, -0.15) is 0 Å². The number of nitrogens with zero attached hydrogens (tertiary/aromatic N) is 2. The zero-order valence-electron chi connectivity index (χ0n) is 11.7. The van der Waals surface area contributed by atoms with Crippen molar-refractivity contribution in [3.05, 3.63) is 32.5 Å². The van der Waals surface area contributed by atoms with E-state index in [4.69, 9.17) is 4.98 Å². The third-order valence-corrected chi connectivity index (χ3v) is 6.66. The zero-order chi connectivity index (χ0) is 13.5. The molecule has 1 N–H and O–H groups in total. The first kappa shape index (κ1) is 12.8. The highest BCUT2D eigenvalue weighted by atomic mass is 32.1. The molecule has 2 aliphatic rings. The summed E-state index contributed by atoms with van der Waals surface area (Å²) in [5, 5.41) is 6.89. The Kier molecular flexibility index (Phi) is 3.28. The van der Waals surface area contributed by atoms with Crippen LogP contribution in [0.3, 0.4) is 0 Å². The lowest BCUT2D eigenvalue weighted by Crippen LogP contribution is -2.29. The molecule has 0 bridgehead atoms. The van der Waals surface area contributed by atoms with Crippen molar-refractivity contribution in [1.29, 1.82) is 0 Å². The maximum absolute atomic E-state index is 4.94. The molecule has 1 atom stereocenters. The maximum Gasteiger partial charge on any atom is 0.186 e. The minimum absolute atomic E-state index is 0.520. The van der Waals surface area contributed by atoms with E-state index in [1.807, 2.05) is 22.7 Å². The Hall–Kier alpha value is -0.910. The fraction of sp³-hybridized carbons (Fsp3) is 0.533. The van der Waals surface area contributed by atoms with Crippen LogP contribution in [-0.2, 0) is 19.4 Å².